The smallest absolute Gasteiger partial charge is 0.244 e. The lowest BCUT2D eigenvalue weighted by Gasteiger charge is -2.35. The van der Waals surface area contributed by atoms with Gasteiger partial charge in [-0.3, -0.25) is 4.79 Å². The van der Waals surface area contributed by atoms with Crippen LogP contribution in [0.5, 0.6) is 0 Å². The summed E-state index contributed by atoms with van der Waals surface area (Å²) in [4.78, 5) is 12.3. The Bertz CT molecular complexity index is 567. The van der Waals surface area contributed by atoms with E-state index in [0.717, 1.165) is 18.9 Å². The van der Waals surface area contributed by atoms with Crippen molar-refractivity contribution in [1.29, 1.82) is 5.26 Å². The van der Waals surface area contributed by atoms with E-state index in [9.17, 15) is 9.18 Å². The van der Waals surface area contributed by atoms with Crippen molar-refractivity contribution in [1.82, 2.24) is 0 Å². The summed E-state index contributed by atoms with van der Waals surface area (Å²) in [5.74, 6) is -0.399. The second kappa shape index (κ2) is 5.59. The standard InChI is InChI=1S/C15H18FN3O/c1-10-3-2-6-15(18,8-10)14(20)19-13-5-4-12(16)7-11(13)9-17/h4-5,7,10H,2-3,6,8,18H2,1H3,(H,19,20). The van der Waals surface area contributed by atoms with E-state index in [1.807, 2.05) is 6.07 Å². The maximum Gasteiger partial charge on any atom is 0.244 e. The van der Waals surface area contributed by atoms with E-state index in [1.54, 1.807) is 0 Å². The number of carbonyl (C=O) groups is 1. The fourth-order valence-corrected chi connectivity index (χ4v) is 2.76. The van der Waals surface area contributed by atoms with Crippen molar-refractivity contribution in [2.75, 3.05) is 5.32 Å². The Balaban J connectivity index is 2.18. The summed E-state index contributed by atoms with van der Waals surface area (Å²) >= 11 is 0. The third-order valence-corrected chi connectivity index (χ3v) is 3.84. The number of carbonyl (C=O) groups excluding carboxylic acids is 1. The van der Waals surface area contributed by atoms with E-state index in [0.29, 0.717) is 24.4 Å². The first-order chi connectivity index (χ1) is 9.44. The minimum atomic E-state index is -0.904. The summed E-state index contributed by atoms with van der Waals surface area (Å²) in [6, 6.07) is 5.57. The first-order valence-electron chi connectivity index (χ1n) is 6.74. The number of hydrogen-bond donors (Lipinski definition) is 2. The zero-order valence-corrected chi connectivity index (χ0v) is 11.4. The normalized spacial score (nSPS) is 25.8. The van der Waals surface area contributed by atoms with Gasteiger partial charge < -0.3 is 11.1 Å². The van der Waals surface area contributed by atoms with Gasteiger partial charge in [0.05, 0.1) is 16.8 Å². The highest BCUT2D eigenvalue weighted by Gasteiger charge is 2.38. The van der Waals surface area contributed by atoms with Gasteiger partial charge in [0.2, 0.25) is 5.91 Å². The predicted molar refractivity (Wildman–Crippen MR) is 74.3 cm³/mol. The van der Waals surface area contributed by atoms with Crippen LogP contribution in [0.4, 0.5) is 10.1 Å². The molecule has 106 valence electrons. The SMILES string of the molecule is CC1CCCC(N)(C(=O)Nc2ccc(F)cc2C#N)C1. The number of benzene rings is 1. The molecule has 1 amide bonds. The zero-order valence-electron chi connectivity index (χ0n) is 11.4. The van der Waals surface area contributed by atoms with Crippen LogP contribution in [0.2, 0.25) is 0 Å². The van der Waals surface area contributed by atoms with Crippen LogP contribution < -0.4 is 11.1 Å². The Kier molecular flexibility index (Phi) is 4.05. The number of nitrogens with one attached hydrogen (secondary N) is 1. The lowest BCUT2D eigenvalue weighted by atomic mass is 9.76. The van der Waals surface area contributed by atoms with Crippen molar-refractivity contribution >= 4 is 11.6 Å². The Morgan fingerprint density at radius 1 is 1.60 bits per heavy atom. The third kappa shape index (κ3) is 2.97. The highest BCUT2D eigenvalue weighted by Crippen LogP contribution is 2.31. The number of rotatable bonds is 2. The monoisotopic (exact) mass is 275 g/mol. The lowest BCUT2D eigenvalue weighted by Crippen LogP contribution is -2.53. The molecule has 4 nitrogen and oxygen atoms in total. The maximum absolute atomic E-state index is 13.1. The molecule has 1 saturated carbocycles. The second-order valence-electron chi connectivity index (χ2n) is 5.61. The molecule has 0 aromatic heterocycles. The summed E-state index contributed by atoms with van der Waals surface area (Å²) in [5.41, 5.74) is 5.70. The number of nitriles is 1. The molecule has 1 aromatic rings. The first-order valence-corrected chi connectivity index (χ1v) is 6.74. The highest BCUT2D eigenvalue weighted by atomic mass is 19.1. The predicted octanol–water partition coefficient (Wildman–Crippen LogP) is 2.54. The summed E-state index contributed by atoms with van der Waals surface area (Å²) < 4.78 is 13.1. The molecule has 1 aromatic carbocycles. The zero-order chi connectivity index (χ0) is 14.8. The van der Waals surface area contributed by atoms with Crippen LogP contribution in [0.1, 0.15) is 38.2 Å². The molecule has 0 radical (unpaired) electrons. The molecule has 0 bridgehead atoms. The Morgan fingerprint density at radius 2 is 2.35 bits per heavy atom. The quantitative estimate of drug-likeness (QED) is 0.870. The Hall–Kier alpha value is -1.93. The van der Waals surface area contributed by atoms with Gasteiger partial charge in [0.15, 0.2) is 0 Å². The average Bonchev–Trinajstić information content (AvgIpc) is 2.40. The van der Waals surface area contributed by atoms with E-state index in [-0.39, 0.29) is 11.5 Å². The molecule has 1 aliphatic carbocycles. The second-order valence-corrected chi connectivity index (χ2v) is 5.61. The fourth-order valence-electron chi connectivity index (χ4n) is 2.76. The summed E-state index contributed by atoms with van der Waals surface area (Å²) in [7, 11) is 0. The summed E-state index contributed by atoms with van der Waals surface area (Å²) in [5, 5.41) is 11.6. The number of anilines is 1. The molecule has 3 N–H and O–H groups in total. The molecule has 1 fully saturated rings. The van der Waals surface area contributed by atoms with Crippen molar-refractivity contribution in [3.63, 3.8) is 0 Å². The molecule has 5 heteroatoms. The van der Waals surface area contributed by atoms with Gasteiger partial charge in [0.25, 0.3) is 0 Å². The van der Waals surface area contributed by atoms with Crippen LogP contribution in [-0.2, 0) is 4.79 Å². The fraction of sp³-hybridized carbons (Fsp3) is 0.467. The molecular weight excluding hydrogens is 257 g/mol. The van der Waals surface area contributed by atoms with Crippen molar-refractivity contribution < 1.29 is 9.18 Å². The molecule has 2 rings (SSSR count). The molecule has 0 spiro atoms. The number of amides is 1. The van der Waals surface area contributed by atoms with Crippen LogP contribution in [0.25, 0.3) is 0 Å². The summed E-state index contributed by atoms with van der Waals surface area (Å²) in [6.07, 6.45) is 3.25. The third-order valence-electron chi connectivity index (χ3n) is 3.84. The van der Waals surface area contributed by atoms with Crippen LogP contribution >= 0.6 is 0 Å². The van der Waals surface area contributed by atoms with E-state index in [1.165, 1.54) is 12.1 Å². The number of hydrogen-bond acceptors (Lipinski definition) is 3. The minimum Gasteiger partial charge on any atom is -0.323 e. The van der Waals surface area contributed by atoms with Crippen LogP contribution in [-0.4, -0.2) is 11.4 Å². The van der Waals surface area contributed by atoms with Crippen molar-refractivity contribution in [2.45, 2.75) is 38.1 Å². The van der Waals surface area contributed by atoms with Gasteiger partial charge in [0, 0.05) is 0 Å². The molecular formula is C15H18FN3O. The Labute approximate surface area is 117 Å². The molecule has 2 atom stereocenters. The minimum absolute atomic E-state index is 0.103. The van der Waals surface area contributed by atoms with Crippen LogP contribution in [0.3, 0.4) is 0 Å². The lowest BCUT2D eigenvalue weighted by molar-refractivity contribution is -0.122. The van der Waals surface area contributed by atoms with Gasteiger partial charge in [-0.05, 0) is 37.0 Å². The molecule has 0 aliphatic heterocycles. The first kappa shape index (κ1) is 14.5. The molecule has 2 unspecified atom stereocenters. The van der Waals surface area contributed by atoms with Gasteiger partial charge in [0.1, 0.15) is 11.9 Å². The summed E-state index contributed by atoms with van der Waals surface area (Å²) in [6.45, 7) is 2.08. The highest BCUT2D eigenvalue weighted by molar-refractivity contribution is 5.98. The molecule has 0 heterocycles. The van der Waals surface area contributed by atoms with Crippen molar-refractivity contribution in [3.05, 3.63) is 29.6 Å². The van der Waals surface area contributed by atoms with E-state index in [4.69, 9.17) is 11.0 Å². The van der Waals surface area contributed by atoms with Gasteiger partial charge in [-0.25, -0.2) is 4.39 Å². The topological polar surface area (TPSA) is 78.9 Å². The Morgan fingerprint density at radius 3 is 3.00 bits per heavy atom. The van der Waals surface area contributed by atoms with Crippen LogP contribution in [0, 0.1) is 23.1 Å². The number of halogens is 1. The van der Waals surface area contributed by atoms with E-state index in [2.05, 4.69) is 12.2 Å². The van der Waals surface area contributed by atoms with Gasteiger partial charge in [-0.1, -0.05) is 19.8 Å². The van der Waals surface area contributed by atoms with Gasteiger partial charge >= 0.3 is 0 Å². The van der Waals surface area contributed by atoms with Crippen LogP contribution in [0.15, 0.2) is 18.2 Å². The molecule has 0 saturated heterocycles. The number of nitrogens with two attached hydrogens (primary N) is 1. The molecule has 1 aliphatic rings. The maximum atomic E-state index is 13.1. The van der Waals surface area contributed by atoms with Crippen molar-refractivity contribution in [3.8, 4) is 6.07 Å². The van der Waals surface area contributed by atoms with Gasteiger partial charge in [-0.2, -0.15) is 5.26 Å². The van der Waals surface area contributed by atoms with Gasteiger partial charge in [-0.15, -0.1) is 0 Å². The van der Waals surface area contributed by atoms with Crippen molar-refractivity contribution in [2.24, 2.45) is 11.7 Å². The average molecular weight is 275 g/mol. The molecule has 20 heavy (non-hydrogen) atoms. The van der Waals surface area contributed by atoms with E-state index >= 15 is 0 Å². The number of nitrogens with zero attached hydrogens (tertiary/aromatic N) is 1. The largest absolute Gasteiger partial charge is 0.323 e. The van der Waals surface area contributed by atoms with E-state index < -0.39 is 11.4 Å².